The lowest BCUT2D eigenvalue weighted by atomic mass is 10.0. The van der Waals surface area contributed by atoms with Gasteiger partial charge in [0.05, 0.1) is 6.54 Å². The molecule has 1 aromatic heterocycles. The van der Waals surface area contributed by atoms with Crippen molar-refractivity contribution in [2.45, 2.75) is 6.54 Å². The fourth-order valence-corrected chi connectivity index (χ4v) is 4.25. The van der Waals surface area contributed by atoms with Crippen LogP contribution >= 0.6 is 0 Å². The molecule has 1 aliphatic heterocycles. The molecule has 0 saturated carbocycles. The molecule has 0 atom stereocenters. The van der Waals surface area contributed by atoms with Gasteiger partial charge in [0.15, 0.2) is 17.3 Å². The molecule has 0 bridgehead atoms. The number of anilines is 1. The molecule has 0 spiro atoms. The summed E-state index contributed by atoms with van der Waals surface area (Å²) < 4.78 is 17.1. The van der Waals surface area contributed by atoms with Gasteiger partial charge in [0, 0.05) is 16.6 Å². The number of para-hydroxylation sites is 2. The smallest absolute Gasteiger partial charge is 0.294 e. The molecule has 1 amide bonds. The highest BCUT2D eigenvalue weighted by molar-refractivity contribution is 6.06. The fourth-order valence-electron chi connectivity index (χ4n) is 4.25. The van der Waals surface area contributed by atoms with Gasteiger partial charge in [-0.3, -0.25) is 4.79 Å². The van der Waals surface area contributed by atoms with Crippen LogP contribution in [-0.4, -0.2) is 12.7 Å². The third-order valence-electron chi connectivity index (χ3n) is 5.97. The van der Waals surface area contributed by atoms with Gasteiger partial charge in [-0.2, -0.15) is 0 Å². The Morgan fingerprint density at radius 1 is 0.765 bits per heavy atom. The molecule has 4 aromatic carbocycles. The SMILES string of the molecule is O=C(c1cc2ccccc2o1)N(Cc1cccc2c1OCO2)c1ccc(-c2ccccc2)cc1. The second kappa shape index (κ2) is 8.45. The number of hydrogen-bond acceptors (Lipinski definition) is 4. The summed E-state index contributed by atoms with van der Waals surface area (Å²) in [7, 11) is 0. The summed E-state index contributed by atoms with van der Waals surface area (Å²) in [6, 6.07) is 33.3. The van der Waals surface area contributed by atoms with Crippen LogP contribution in [0.15, 0.2) is 108 Å². The van der Waals surface area contributed by atoms with Gasteiger partial charge in [0.1, 0.15) is 5.58 Å². The van der Waals surface area contributed by atoms with E-state index in [9.17, 15) is 4.79 Å². The van der Waals surface area contributed by atoms with Crippen molar-refractivity contribution in [1.82, 2.24) is 0 Å². The topological polar surface area (TPSA) is 51.9 Å². The average Bonchev–Trinajstić information content (AvgIpc) is 3.55. The van der Waals surface area contributed by atoms with Crippen LogP contribution in [-0.2, 0) is 6.54 Å². The zero-order valence-corrected chi connectivity index (χ0v) is 18.3. The van der Waals surface area contributed by atoms with E-state index in [0.29, 0.717) is 23.6 Å². The van der Waals surface area contributed by atoms with Gasteiger partial charge in [0.25, 0.3) is 5.91 Å². The first-order chi connectivity index (χ1) is 16.8. The molecule has 0 fully saturated rings. The number of benzene rings is 4. The minimum atomic E-state index is -0.222. The molecule has 34 heavy (non-hydrogen) atoms. The number of amides is 1. The second-order valence-corrected chi connectivity index (χ2v) is 8.10. The first-order valence-electron chi connectivity index (χ1n) is 11.1. The van der Waals surface area contributed by atoms with E-state index < -0.39 is 0 Å². The minimum Gasteiger partial charge on any atom is -0.454 e. The Morgan fingerprint density at radius 3 is 2.35 bits per heavy atom. The van der Waals surface area contributed by atoms with E-state index in [2.05, 4.69) is 12.1 Å². The monoisotopic (exact) mass is 447 g/mol. The van der Waals surface area contributed by atoms with Crippen molar-refractivity contribution in [2.24, 2.45) is 0 Å². The molecule has 6 rings (SSSR count). The zero-order chi connectivity index (χ0) is 22.9. The molecule has 0 radical (unpaired) electrons. The molecule has 166 valence electrons. The van der Waals surface area contributed by atoms with Gasteiger partial charge >= 0.3 is 0 Å². The van der Waals surface area contributed by atoms with Crippen LogP contribution in [0.3, 0.4) is 0 Å². The lowest BCUT2D eigenvalue weighted by Gasteiger charge is -2.23. The van der Waals surface area contributed by atoms with Crippen molar-refractivity contribution < 1.29 is 18.7 Å². The Morgan fingerprint density at radius 2 is 1.53 bits per heavy atom. The summed E-state index contributed by atoms with van der Waals surface area (Å²) in [6.07, 6.45) is 0. The van der Waals surface area contributed by atoms with E-state index in [-0.39, 0.29) is 18.5 Å². The Balaban J connectivity index is 1.39. The van der Waals surface area contributed by atoms with Gasteiger partial charge in [-0.15, -0.1) is 0 Å². The number of hydrogen-bond donors (Lipinski definition) is 0. The first-order valence-corrected chi connectivity index (χ1v) is 11.1. The third kappa shape index (κ3) is 3.67. The standard InChI is InChI=1S/C29H21NO4/c31-29(27-17-22-9-4-5-11-25(22)34-27)30(18-23-10-6-12-26-28(23)33-19-32-26)24-15-13-21(14-16-24)20-7-2-1-3-8-20/h1-17H,18-19H2. The molecule has 5 nitrogen and oxygen atoms in total. The summed E-state index contributed by atoms with van der Waals surface area (Å²) in [4.78, 5) is 15.4. The summed E-state index contributed by atoms with van der Waals surface area (Å²) in [5, 5.41) is 0.891. The van der Waals surface area contributed by atoms with Crippen molar-refractivity contribution in [3.8, 4) is 22.6 Å². The van der Waals surface area contributed by atoms with E-state index >= 15 is 0 Å². The third-order valence-corrected chi connectivity index (χ3v) is 5.97. The number of fused-ring (bicyclic) bond motifs is 2. The predicted molar refractivity (Wildman–Crippen MR) is 131 cm³/mol. The minimum absolute atomic E-state index is 0.176. The maximum atomic E-state index is 13.7. The van der Waals surface area contributed by atoms with Crippen molar-refractivity contribution >= 4 is 22.6 Å². The Bertz CT molecular complexity index is 1440. The highest BCUT2D eigenvalue weighted by Gasteiger charge is 2.25. The van der Waals surface area contributed by atoms with Crippen LogP contribution in [0.2, 0.25) is 0 Å². The highest BCUT2D eigenvalue weighted by Crippen LogP contribution is 2.37. The Hall–Kier alpha value is -4.51. The van der Waals surface area contributed by atoms with Crippen LogP contribution in [0, 0.1) is 0 Å². The summed E-state index contributed by atoms with van der Waals surface area (Å²) in [5.41, 5.74) is 4.52. The van der Waals surface area contributed by atoms with E-state index in [4.69, 9.17) is 13.9 Å². The molecule has 5 aromatic rings. The quantitative estimate of drug-likeness (QED) is 0.302. The van der Waals surface area contributed by atoms with Crippen LogP contribution in [0.5, 0.6) is 11.5 Å². The van der Waals surface area contributed by atoms with Crippen LogP contribution < -0.4 is 14.4 Å². The maximum Gasteiger partial charge on any atom is 0.294 e. The van der Waals surface area contributed by atoms with Gasteiger partial charge in [-0.25, -0.2) is 0 Å². The van der Waals surface area contributed by atoms with E-state index in [1.165, 1.54) is 0 Å². The van der Waals surface area contributed by atoms with Gasteiger partial charge < -0.3 is 18.8 Å². The lowest BCUT2D eigenvalue weighted by Crippen LogP contribution is -2.30. The van der Waals surface area contributed by atoms with Gasteiger partial charge in [-0.1, -0.05) is 72.8 Å². The lowest BCUT2D eigenvalue weighted by molar-refractivity contribution is 0.0960. The summed E-state index contributed by atoms with van der Waals surface area (Å²) in [5.74, 6) is 1.43. The molecular formula is C29H21NO4. The number of rotatable bonds is 5. The molecular weight excluding hydrogens is 426 g/mol. The van der Waals surface area contributed by atoms with Crippen molar-refractivity contribution in [3.05, 3.63) is 114 Å². The molecule has 5 heteroatoms. The van der Waals surface area contributed by atoms with Crippen LogP contribution in [0.4, 0.5) is 5.69 Å². The van der Waals surface area contributed by atoms with E-state index in [0.717, 1.165) is 27.8 Å². The van der Waals surface area contributed by atoms with Gasteiger partial charge in [0.2, 0.25) is 6.79 Å². The van der Waals surface area contributed by atoms with Crippen LogP contribution in [0.25, 0.3) is 22.1 Å². The predicted octanol–water partition coefficient (Wildman–Crippen LogP) is 6.68. The van der Waals surface area contributed by atoms with Crippen molar-refractivity contribution in [2.75, 3.05) is 11.7 Å². The fraction of sp³-hybridized carbons (Fsp3) is 0.0690. The number of carbonyl (C=O) groups excluding carboxylic acids is 1. The van der Waals surface area contributed by atoms with Crippen molar-refractivity contribution in [1.29, 1.82) is 0 Å². The van der Waals surface area contributed by atoms with Crippen molar-refractivity contribution in [3.63, 3.8) is 0 Å². The molecule has 0 N–H and O–H groups in total. The van der Waals surface area contributed by atoms with E-state index in [1.807, 2.05) is 84.9 Å². The molecule has 2 heterocycles. The normalized spacial score (nSPS) is 12.1. The first kappa shape index (κ1) is 20.1. The largest absolute Gasteiger partial charge is 0.454 e. The Labute approximate surface area is 196 Å². The number of ether oxygens (including phenoxy) is 2. The molecule has 0 saturated heterocycles. The maximum absolute atomic E-state index is 13.7. The summed E-state index contributed by atoms with van der Waals surface area (Å²) in [6.45, 7) is 0.489. The average molecular weight is 447 g/mol. The second-order valence-electron chi connectivity index (χ2n) is 8.10. The molecule has 1 aliphatic rings. The van der Waals surface area contributed by atoms with Crippen LogP contribution in [0.1, 0.15) is 16.1 Å². The Kier molecular flexibility index (Phi) is 5.00. The number of furan rings is 1. The van der Waals surface area contributed by atoms with Gasteiger partial charge in [-0.05, 0) is 41.5 Å². The number of carbonyl (C=O) groups is 1. The van der Waals surface area contributed by atoms with E-state index in [1.54, 1.807) is 11.0 Å². The zero-order valence-electron chi connectivity index (χ0n) is 18.3. The summed E-state index contributed by atoms with van der Waals surface area (Å²) >= 11 is 0. The molecule has 0 aliphatic carbocycles. The highest BCUT2D eigenvalue weighted by atomic mass is 16.7. The molecule has 0 unspecified atom stereocenters. The number of nitrogens with zero attached hydrogens (tertiary/aromatic N) is 1.